The van der Waals surface area contributed by atoms with Gasteiger partial charge in [0.2, 0.25) is 5.95 Å². The van der Waals surface area contributed by atoms with Crippen LogP contribution in [0.25, 0.3) is 0 Å². The van der Waals surface area contributed by atoms with Crippen LogP contribution >= 0.6 is 0 Å². The molecule has 3 aromatic rings. The standard InChI is InChI=1S/C21H25N7/c1-16(2)17-6-3-4-7-18(17)26-19-14-20(25-15-24-19)27-10-12-28(13-11-27)21-22-8-5-9-23-21/h3-9,14-16H,10-13H2,1-2H3,(H,24,25,26). The molecule has 0 atom stereocenters. The fourth-order valence-corrected chi connectivity index (χ4v) is 3.43. The smallest absolute Gasteiger partial charge is 0.225 e. The number of para-hydroxylation sites is 1. The van der Waals surface area contributed by atoms with Crippen molar-refractivity contribution in [1.82, 2.24) is 19.9 Å². The summed E-state index contributed by atoms with van der Waals surface area (Å²) in [7, 11) is 0. The van der Waals surface area contributed by atoms with E-state index in [1.807, 2.05) is 18.2 Å². The second kappa shape index (κ2) is 8.21. The number of piperazine rings is 1. The van der Waals surface area contributed by atoms with Gasteiger partial charge in [0.05, 0.1) is 0 Å². The largest absolute Gasteiger partial charge is 0.353 e. The zero-order valence-electron chi connectivity index (χ0n) is 16.3. The van der Waals surface area contributed by atoms with Gasteiger partial charge in [-0.3, -0.25) is 0 Å². The summed E-state index contributed by atoms with van der Waals surface area (Å²) in [5.74, 6) is 2.98. The highest BCUT2D eigenvalue weighted by atomic mass is 15.3. The Morgan fingerprint density at radius 3 is 2.32 bits per heavy atom. The molecule has 3 heterocycles. The molecule has 0 amide bonds. The molecule has 0 saturated carbocycles. The molecule has 28 heavy (non-hydrogen) atoms. The maximum Gasteiger partial charge on any atom is 0.225 e. The number of benzene rings is 1. The van der Waals surface area contributed by atoms with E-state index in [2.05, 4.69) is 67.1 Å². The molecule has 0 aliphatic carbocycles. The molecular formula is C21H25N7. The topological polar surface area (TPSA) is 70.1 Å². The molecule has 1 fully saturated rings. The van der Waals surface area contributed by atoms with Gasteiger partial charge in [0.1, 0.15) is 18.0 Å². The highest BCUT2D eigenvalue weighted by Crippen LogP contribution is 2.27. The fraction of sp³-hybridized carbons (Fsp3) is 0.333. The van der Waals surface area contributed by atoms with Gasteiger partial charge in [0, 0.05) is 50.3 Å². The molecule has 4 rings (SSSR count). The van der Waals surface area contributed by atoms with Crippen LogP contribution in [0.1, 0.15) is 25.3 Å². The molecule has 1 saturated heterocycles. The average Bonchev–Trinajstić information content (AvgIpc) is 2.75. The van der Waals surface area contributed by atoms with Crippen LogP contribution in [0.5, 0.6) is 0 Å². The van der Waals surface area contributed by atoms with E-state index < -0.39 is 0 Å². The van der Waals surface area contributed by atoms with Crippen molar-refractivity contribution in [1.29, 1.82) is 0 Å². The van der Waals surface area contributed by atoms with Gasteiger partial charge in [-0.15, -0.1) is 0 Å². The van der Waals surface area contributed by atoms with E-state index in [1.165, 1.54) is 5.56 Å². The molecule has 1 aliphatic heterocycles. The quantitative estimate of drug-likeness (QED) is 0.732. The van der Waals surface area contributed by atoms with Gasteiger partial charge in [0.15, 0.2) is 0 Å². The van der Waals surface area contributed by atoms with Gasteiger partial charge in [-0.05, 0) is 23.6 Å². The highest BCUT2D eigenvalue weighted by Gasteiger charge is 2.20. The van der Waals surface area contributed by atoms with Crippen molar-refractivity contribution in [2.45, 2.75) is 19.8 Å². The Kier molecular flexibility index (Phi) is 5.32. The number of aromatic nitrogens is 4. The Balaban J connectivity index is 1.45. The number of nitrogens with one attached hydrogen (secondary N) is 1. The van der Waals surface area contributed by atoms with E-state index in [1.54, 1.807) is 18.7 Å². The Labute approximate surface area is 165 Å². The van der Waals surface area contributed by atoms with Gasteiger partial charge < -0.3 is 15.1 Å². The Bertz CT molecular complexity index is 905. The van der Waals surface area contributed by atoms with E-state index >= 15 is 0 Å². The fourth-order valence-electron chi connectivity index (χ4n) is 3.43. The van der Waals surface area contributed by atoms with Crippen molar-refractivity contribution in [2.75, 3.05) is 41.3 Å². The van der Waals surface area contributed by atoms with Crippen LogP contribution in [0.4, 0.5) is 23.3 Å². The van der Waals surface area contributed by atoms with Crippen LogP contribution in [-0.4, -0.2) is 46.1 Å². The summed E-state index contributed by atoms with van der Waals surface area (Å²) in [4.78, 5) is 22.1. The molecule has 1 aliphatic rings. The number of nitrogens with zero attached hydrogens (tertiary/aromatic N) is 6. The SMILES string of the molecule is CC(C)c1ccccc1Nc1cc(N2CCN(c3ncccn3)CC2)ncn1. The van der Waals surface area contributed by atoms with Gasteiger partial charge in [-0.2, -0.15) is 0 Å². The zero-order valence-corrected chi connectivity index (χ0v) is 16.3. The van der Waals surface area contributed by atoms with Crippen molar-refractivity contribution in [3.8, 4) is 0 Å². The third-order valence-corrected chi connectivity index (χ3v) is 4.94. The second-order valence-electron chi connectivity index (χ2n) is 7.15. The first-order valence-corrected chi connectivity index (χ1v) is 9.65. The zero-order chi connectivity index (χ0) is 19.3. The normalized spacial score (nSPS) is 14.4. The summed E-state index contributed by atoms with van der Waals surface area (Å²) >= 11 is 0. The minimum atomic E-state index is 0.443. The first-order valence-electron chi connectivity index (χ1n) is 9.65. The van der Waals surface area contributed by atoms with Crippen molar-refractivity contribution in [3.63, 3.8) is 0 Å². The molecule has 0 spiro atoms. The molecule has 1 aromatic carbocycles. The number of anilines is 4. The van der Waals surface area contributed by atoms with Crippen molar-refractivity contribution >= 4 is 23.3 Å². The summed E-state index contributed by atoms with van der Waals surface area (Å²) in [5, 5.41) is 3.46. The Hall–Kier alpha value is -3.22. The van der Waals surface area contributed by atoms with Crippen molar-refractivity contribution in [3.05, 3.63) is 60.7 Å². The second-order valence-corrected chi connectivity index (χ2v) is 7.15. The lowest BCUT2D eigenvalue weighted by molar-refractivity contribution is 0.634. The molecule has 144 valence electrons. The van der Waals surface area contributed by atoms with Crippen LogP contribution in [0.15, 0.2) is 55.1 Å². The highest BCUT2D eigenvalue weighted by molar-refractivity contribution is 5.63. The summed E-state index contributed by atoms with van der Waals surface area (Å²) in [6.45, 7) is 7.87. The summed E-state index contributed by atoms with van der Waals surface area (Å²) in [6, 6.07) is 12.2. The predicted molar refractivity (Wildman–Crippen MR) is 112 cm³/mol. The van der Waals surface area contributed by atoms with Gasteiger partial charge in [-0.25, -0.2) is 19.9 Å². The molecule has 1 N–H and O–H groups in total. The Morgan fingerprint density at radius 2 is 1.57 bits per heavy atom. The number of rotatable bonds is 5. The lowest BCUT2D eigenvalue weighted by atomic mass is 10.0. The molecule has 2 aromatic heterocycles. The van der Waals surface area contributed by atoms with Crippen LogP contribution < -0.4 is 15.1 Å². The predicted octanol–water partition coefficient (Wildman–Crippen LogP) is 3.46. The van der Waals surface area contributed by atoms with Gasteiger partial charge >= 0.3 is 0 Å². The monoisotopic (exact) mass is 375 g/mol. The molecular weight excluding hydrogens is 350 g/mol. The van der Waals surface area contributed by atoms with Crippen LogP contribution in [0, 0.1) is 0 Å². The number of hydrogen-bond donors (Lipinski definition) is 1. The first kappa shape index (κ1) is 18.2. The summed E-state index contributed by atoms with van der Waals surface area (Å²) in [6.07, 6.45) is 5.19. The molecule has 7 nitrogen and oxygen atoms in total. The van der Waals surface area contributed by atoms with Crippen LogP contribution in [0.2, 0.25) is 0 Å². The minimum absolute atomic E-state index is 0.443. The van der Waals surface area contributed by atoms with Gasteiger partial charge in [-0.1, -0.05) is 32.0 Å². The van der Waals surface area contributed by atoms with E-state index in [0.29, 0.717) is 5.92 Å². The van der Waals surface area contributed by atoms with Gasteiger partial charge in [0.25, 0.3) is 0 Å². The summed E-state index contributed by atoms with van der Waals surface area (Å²) in [5.41, 5.74) is 2.37. The lowest BCUT2D eigenvalue weighted by Gasteiger charge is -2.35. The van der Waals surface area contributed by atoms with Crippen molar-refractivity contribution in [2.24, 2.45) is 0 Å². The van der Waals surface area contributed by atoms with E-state index in [4.69, 9.17) is 0 Å². The lowest BCUT2D eigenvalue weighted by Crippen LogP contribution is -2.47. The third kappa shape index (κ3) is 4.03. The molecule has 0 bridgehead atoms. The molecule has 0 radical (unpaired) electrons. The first-order chi connectivity index (χ1) is 13.7. The van der Waals surface area contributed by atoms with Crippen molar-refractivity contribution < 1.29 is 0 Å². The van der Waals surface area contributed by atoms with E-state index in [0.717, 1.165) is 49.5 Å². The van der Waals surface area contributed by atoms with Crippen LogP contribution in [-0.2, 0) is 0 Å². The maximum absolute atomic E-state index is 4.49. The molecule has 7 heteroatoms. The van der Waals surface area contributed by atoms with Crippen LogP contribution in [0.3, 0.4) is 0 Å². The minimum Gasteiger partial charge on any atom is -0.353 e. The maximum atomic E-state index is 4.49. The number of hydrogen-bond acceptors (Lipinski definition) is 7. The third-order valence-electron chi connectivity index (χ3n) is 4.94. The van der Waals surface area contributed by atoms with E-state index in [9.17, 15) is 0 Å². The average molecular weight is 375 g/mol. The molecule has 0 unspecified atom stereocenters. The summed E-state index contributed by atoms with van der Waals surface area (Å²) < 4.78 is 0. The Morgan fingerprint density at radius 1 is 0.857 bits per heavy atom. The van der Waals surface area contributed by atoms with E-state index in [-0.39, 0.29) is 0 Å².